The van der Waals surface area contributed by atoms with Crippen molar-refractivity contribution in [2.75, 3.05) is 7.11 Å². The molecule has 12 heteroatoms. The molecule has 0 aliphatic carbocycles. The summed E-state index contributed by atoms with van der Waals surface area (Å²) in [5, 5.41) is 30.7. The normalized spacial score (nSPS) is 13.8. The van der Waals surface area contributed by atoms with Gasteiger partial charge in [-0.25, -0.2) is 9.59 Å². The molecule has 0 fully saturated rings. The summed E-state index contributed by atoms with van der Waals surface area (Å²) in [5.74, 6) is -1.76. The number of aliphatic hydroxyl groups is 1. The first-order valence-corrected chi connectivity index (χ1v) is 8.46. The van der Waals surface area contributed by atoms with Gasteiger partial charge in [0.2, 0.25) is 11.8 Å². The molecular formula is C17H21N5O7. The maximum absolute atomic E-state index is 12.1. The van der Waals surface area contributed by atoms with E-state index in [1.54, 1.807) is 24.3 Å². The van der Waals surface area contributed by atoms with Crippen LogP contribution in [0.25, 0.3) is 11.5 Å². The molecule has 1 aromatic heterocycles. The average Bonchev–Trinajstić information content (AvgIpc) is 3.14. The lowest BCUT2D eigenvalue weighted by atomic mass is 10.2. The largest absolute Gasteiger partial charge is 0.496 e. The van der Waals surface area contributed by atoms with E-state index in [-0.39, 0.29) is 18.2 Å². The van der Waals surface area contributed by atoms with Gasteiger partial charge in [-0.1, -0.05) is 12.1 Å². The van der Waals surface area contributed by atoms with Gasteiger partial charge in [0.15, 0.2) is 6.04 Å². The van der Waals surface area contributed by atoms with Crippen LogP contribution in [0.1, 0.15) is 25.3 Å². The third-order valence-corrected chi connectivity index (χ3v) is 3.82. The molecule has 0 aliphatic rings. The van der Waals surface area contributed by atoms with Crippen LogP contribution in [0.2, 0.25) is 0 Å². The van der Waals surface area contributed by atoms with Gasteiger partial charge in [-0.2, -0.15) is 0 Å². The van der Waals surface area contributed by atoms with Crippen molar-refractivity contribution in [1.29, 1.82) is 0 Å². The fourth-order valence-corrected chi connectivity index (χ4v) is 2.44. The highest BCUT2D eigenvalue weighted by Gasteiger charge is 2.28. The smallest absolute Gasteiger partial charge is 0.328 e. The van der Waals surface area contributed by atoms with Gasteiger partial charge in [0.1, 0.15) is 11.8 Å². The number of primary amides is 1. The molecule has 0 saturated carbocycles. The third kappa shape index (κ3) is 5.65. The first kappa shape index (κ1) is 21.6. The topological polar surface area (TPSA) is 190 Å². The van der Waals surface area contributed by atoms with Crippen LogP contribution in [0.4, 0.5) is 4.79 Å². The van der Waals surface area contributed by atoms with E-state index in [0.29, 0.717) is 11.3 Å². The fraction of sp³-hybridized carbons (Fsp3) is 0.353. The van der Waals surface area contributed by atoms with Gasteiger partial charge in [0, 0.05) is 0 Å². The number of methoxy groups -OCH3 is 1. The minimum absolute atomic E-state index is 0.0847. The number of benzene rings is 1. The predicted molar refractivity (Wildman–Crippen MR) is 97.6 cm³/mol. The Bertz CT molecular complexity index is 883. The van der Waals surface area contributed by atoms with Crippen LogP contribution in [0, 0.1) is 0 Å². The Labute approximate surface area is 165 Å². The molecule has 0 spiro atoms. The monoisotopic (exact) mass is 407 g/mol. The number of nitrogens with one attached hydrogen (secondary N) is 2. The summed E-state index contributed by atoms with van der Waals surface area (Å²) >= 11 is 0. The van der Waals surface area contributed by atoms with E-state index in [9.17, 15) is 19.5 Å². The number of aliphatic carboxylic acids is 1. The van der Waals surface area contributed by atoms with Crippen LogP contribution < -0.4 is 21.1 Å². The molecule has 1 heterocycles. The van der Waals surface area contributed by atoms with Gasteiger partial charge in [-0.3, -0.25) is 4.79 Å². The highest BCUT2D eigenvalue weighted by Crippen LogP contribution is 2.29. The summed E-state index contributed by atoms with van der Waals surface area (Å²) in [6, 6.07) is 3.20. The molecule has 0 saturated heterocycles. The number of para-hydroxylation sites is 1. The molecule has 0 bridgehead atoms. The Kier molecular flexibility index (Phi) is 7.09. The number of carboxylic acids is 1. The summed E-state index contributed by atoms with van der Waals surface area (Å²) in [6.45, 7) is 1.21. The van der Waals surface area contributed by atoms with Gasteiger partial charge in [0.25, 0.3) is 5.89 Å². The molecule has 1 unspecified atom stereocenters. The third-order valence-electron chi connectivity index (χ3n) is 3.82. The van der Waals surface area contributed by atoms with Crippen LogP contribution in [0.3, 0.4) is 0 Å². The van der Waals surface area contributed by atoms with Crippen LogP contribution in [-0.2, 0) is 9.59 Å². The lowest BCUT2D eigenvalue weighted by Crippen LogP contribution is -2.52. The minimum Gasteiger partial charge on any atom is -0.496 e. The molecule has 3 atom stereocenters. The highest BCUT2D eigenvalue weighted by molar-refractivity contribution is 5.83. The number of hydrogen-bond donors (Lipinski definition) is 5. The van der Waals surface area contributed by atoms with Crippen molar-refractivity contribution < 1.29 is 33.8 Å². The molecule has 0 radical (unpaired) electrons. The van der Waals surface area contributed by atoms with E-state index < -0.39 is 36.1 Å². The maximum Gasteiger partial charge on any atom is 0.328 e. The standard InChI is InChI=1S/C17H21N5O7/c1-8(23)13(16(25)26)20-17(27)19-10(7-12(18)24)15-22-21-14(29-15)9-5-3-4-6-11(9)28-2/h3-6,8,10,13,23H,7H2,1-2H3,(H2,18,24)(H,25,26)(H2,19,20,27)/t8?,10-,13-/m0/s1. The Hall–Kier alpha value is -3.67. The Morgan fingerprint density at radius 1 is 1.24 bits per heavy atom. The van der Waals surface area contributed by atoms with Crippen molar-refractivity contribution >= 4 is 17.9 Å². The molecule has 2 aromatic rings. The maximum atomic E-state index is 12.1. The van der Waals surface area contributed by atoms with Crippen LogP contribution in [0.15, 0.2) is 28.7 Å². The van der Waals surface area contributed by atoms with Gasteiger partial charge < -0.3 is 35.7 Å². The summed E-state index contributed by atoms with van der Waals surface area (Å²) in [7, 11) is 1.47. The van der Waals surface area contributed by atoms with Crippen LogP contribution in [-0.4, -0.2) is 57.6 Å². The van der Waals surface area contributed by atoms with E-state index in [0.717, 1.165) is 0 Å². The number of urea groups is 1. The second kappa shape index (κ2) is 9.50. The average molecular weight is 407 g/mol. The number of carboxylic acid groups (broad SMARTS) is 1. The quantitative estimate of drug-likeness (QED) is 0.374. The number of nitrogens with two attached hydrogens (primary N) is 1. The van der Waals surface area contributed by atoms with E-state index in [1.165, 1.54) is 14.0 Å². The van der Waals surface area contributed by atoms with Gasteiger partial charge in [0.05, 0.1) is 25.2 Å². The zero-order chi connectivity index (χ0) is 21.6. The van der Waals surface area contributed by atoms with Crippen LogP contribution in [0.5, 0.6) is 5.75 Å². The number of carbonyl (C=O) groups excluding carboxylic acids is 2. The summed E-state index contributed by atoms with van der Waals surface area (Å²) < 4.78 is 10.8. The molecule has 2 rings (SSSR count). The Morgan fingerprint density at radius 2 is 1.93 bits per heavy atom. The number of aromatic nitrogens is 2. The lowest BCUT2D eigenvalue weighted by molar-refractivity contribution is -0.141. The van der Waals surface area contributed by atoms with Gasteiger partial charge >= 0.3 is 12.0 Å². The van der Waals surface area contributed by atoms with Crippen molar-refractivity contribution in [3.8, 4) is 17.2 Å². The summed E-state index contributed by atoms with van der Waals surface area (Å²) in [6.07, 6.45) is -1.73. The number of rotatable bonds is 9. The zero-order valence-corrected chi connectivity index (χ0v) is 15.7. The van der Waals surface area contributed by atoms with E-state index >= 15 is 0 Å². The van der Waals surface area contributed by atoms with Gasteiger partial charge in [-0.05, 0) is 19.1 Å². The van der Waals surface area contributed by atoms with Crippen molar-refractivity contribution in [2.24, 2.45) is 5.73 Å². The molecule has 12 nitrogen and oxygen atoms in total. The predicted octanol–water partition coefficient (Wildman–Crippen LogP) is -0.205. The Morgan fingerprint density at radius 3 is 2.52 bits per heavy atom. The van der Waals surface area contributed by atoms with Crippen LogP contribution >= 0.6 is 0 Å². The SMILES string of the molecule is COc1ccccc1-c1nnc([C@H](CC(N)=O)NC(=O)N[C@H](C(=O)O)C(C)O)o1. The summed E-state index contributed by atoms with van der Waals surface area (Å²) in [4.78, 5) is 34.6. The van der Waals surface area contributed by atoms with Gasteiger partial charge in [-0.15, -0.1) is 10.2 Å². The molecular weight excluding hydrogens is 386 g/mol. The number of amides is 3. The minimum atomic E-state index is -1.56. The molecule has 3 amide bonds. The number of aliphatic hydroxyl groups excluding tert-OH is 1. The molecule has 156 valence electrons. The van der Waals surface area contributed by atoms with E-state index in [2.05, 4.69) is 20.8 Å². The first-order valence-electron chi connectivity index (χ1n) is 8.46. The number of hydrogen-bond acceptors (Lipinski definition) is 8. The van der Waals surface area contributed by atoms with Crippen molar-refractivity contribution in [1.82, 2.24) is 20.8 Å². The van der Waals surface area contributed by atoms with E-state index in [1.807, 2.05) is 0 Å². The van der Waals surface area contributed by atoms with Crippen molar-refractivity contribution in [3.63, 3.8) is 0 Å². The lowest BCUT2D eigenvalue weighted by Gasteiger charge is -2.19. The number of ether oxygens (including phenoxy) is 1. The Balaban J connectivity index is 2.23. The van der Waals surface area contributed by atoms with Crippen molar-refractivity contribution in [3.05, 3.63) is 30.2 Å². The number of carbonyl (C=O) groups is 3. The first-order chi connectivity index (χ1) is 13.7. The van der Waals surface area contributed by atoms with Crippen molar-refractivity contribution in [2.45, 2.75) is 31.5 Å². The molecule has 0 aliphatic heterocycles. The second-order valence-corrected chi connectivity index (χ2v) is 6.04. The number of nitrogens with zero attached hydrogens (tertiary/aromatic N) is 2. The second-order valence-electron chi connectivity index (χ2n) is 6.04. The summed E-state index contributed by atoms with van der Waals surface area (Å²) in [5.41, 5.74) is 5.71. The fourth-order valence-electron chi connectivity index (χ4n) is 2.44. The molecule has 6 N–H and O–H groups in total. The molecule has 29 heavy (non-hydrogen) atoms. The highest BCUT2D eigenvalue weighted by atomic mass is 16.5. The zero-order valence-electron chi connectivity index (χ0n) is 15.7. The van der Waals surface area contributed by atoms with E-state index in [4.69, 9.17) is 20.0 Å². The molecule has 1 aromatic carbocycles.